The number of carbonyl (C=O) groups excluding carboxylic acids is 2. The van der Waals surface area contributed by atoms with E-state index in [0.717, 1.165) is 0 Å². The highest BCUT2D eigenvalue weighted by molar-refractivity contribution is 5.97. The molecular formula is C20H26N6O5. The number of piperazine rings is 1. The number of hydrogen-bond acceptors (Lipinski definition) is 7. The largest absolute Gasteiger partial charge is 0.479 e. The fraction of sp³-hybridized carbons (Fsp3) is 0.450. The molecule has 3 rings (SSSR count). The number of methoxy groups -OCH3 is 1. The number of nitro benzene ring substituents is 1. The highest BCUT2D eigenvalue weighted by Crippen LogP contribution is 2.21. The maximum absolute atomic E-state index is 12.7. The number of carbonyl (C=O) groups is 2. The predicted molar refractivity (Wildman–Crippen MR) is 112 cm³/mol. The number of aromatic nitrogens is 2. The van der Waals surface area contributed by atoms with E-state index in [0.29, 0.717) is 61.8 Å². The average Bonchev–Trinajstić information content (AvgIpc) is 3.14. The molecule has 166 valence electrons. The van der Waals surface area contributed by atoms with E-state index < -0.39 is 4.92 Å². The van der Waals surface area contributed by atoms with Crippen LogP contribution in [0.4, 0.5) is 5.69 Å². The standard InChI is InChI=1S/C20H26N6O5/c1-14-15(5-4-6-17(14)26(29)30)18(27)21-7-8-24-9-11-25(12-10-24)20(28)16-13-23(2)22-19(16)31-3/h4-6,13H,7-12H2,1-3H3,(H,21,27). The van der Waals surface area contributed by atoms with Gasteiger partial charge < -0.3 is 15.0 Å². The minimum atomic E-state index is -0.492. The number of hydrogen-bond donors (Lipinski definition) is 1. The number of aryl methyl sites for hydroxylation is 1. The Labute approximate surface area is 179 Å². The van der Waals surface area contributed by atoms with Gasteiger partial charge in [-0.3, -0.25) is 29.3 Å². The second kappa shape index (κ2) is 9.56. The quantitative estimate of drug-likeness (QED) is 0.510. The van der Waals surface area contributed by atoms with Crippen LogP contribution in [0.15, 0.2) is 24.4 Å². The third kappa shape index (κ3) is 5.00. The summed E-state index contributed by atoms with van der Waals surface area (Å²) in [5.74, 6) is -0.133. The van der Waals surface area contributed by atoms with E-state index in [2.05, 4.69) is 15.3 Å². The van der Waals surface area contributed by atoms with Gasteiger partial charge in [0.05, 0.1) is 12.0 Å². The Morgan fingerprint density at radius 1 is 1.23 bits per heavy atom. The maximum atomic E-state index is 12.7. The summed E-state index contributed by atoms with van der Waals surface area (Å²) in [5.41, 5.74) is 1.02. The van der Waals surface area contributed by atoms with Crippen LogP contribution in [0.1, 0.15) is 26.3 Å². The molecule has 2 amide bonds. The van der Waals surface area contributed by atoms with Crippen LogP contribution in [-0.2, 0) is 7.05 Å². The first kappa shape index (κ1) is 22.2. The summed E-state index contributed by atoms with van der Waals surface area (Å²) in [6, 6.07) is 4.47. The van der Waals surface area contributed by atoms with Gasteiger partial charge in [0.1, 0.15) is 5.56 Å². The monoisotopic (exact) mass is 430 g/mol. The third-order valence-corrected chi connectivity index (χ3v) is 5.34. The average molecular weight is 430 g/mol. The second-order valence-electron chi connectivity index (χ2n) is 7.32. The van der Waals surface area contributed by atoms with Crippen LogP contribution in [-0.4, -0.2) is 82.7 Å². The molecule has 1 aliphatic rings. The molecule has 0 radical (unpaired) electrons. The summed E-state index contributed by atoms with van der Waals surface area (Å²) >= 11 is 0. The van der Waals surface area contributed by atoms with Gasteiger partial charge in [-0.2, -0.15) is 0 Å². The number of benzene rings is 1. The smallest absolute Gasteiger partial charge is 0.273 e. The minimum absolute atomic E-state index is 0.0707. The number of amides is 2. The van der Waals surface area contributed by atoms with Crippen LogP contribution < -0.4 is 10.1 Å². The normalized spacial score (nSPS) is 14.4. The Bertz CT molecular complexity index is 980. The maximum Gasteiger partial charge on any atom is 0.273 e. The van der Waals surface area contributed by atoms with Crippen molar-refractivity contribution in [3.8, 4) is 5.88 Å². The first-order chi connectivity index (χ1) is 14.8. The summed E-state index contributed by atoms with van der Waals surface area (Å²) in [5, 5.41) is 18.0. The number of nitro groups is 1. The molecule has 31 heavy (non-hydrogen) atoms. The van der Waals surface area contributed by atoms with Crippen LogP contribution in [0.5, 0.6) is 5.88 Å². The van der Waals surface area contributed by atoms with Gasteiger partial charge in [0.15, 0.2) is 0 Å². The zero-order valence-electron chi connectivity index (χ0n) is 17.8. The fourth-order valence-corrected chi connectivity index (χ4v) is 3.60. The van der Waals surface area contributed by atoms with Crippen LogP contribution in [0.2, 0.25) is 0 Å². The molecule has 11 nitrogen and oxygen atoms in total. The van der Waals surface area contributed by atoms with Gasteiger partial charge in [-0.05, 0) is 13.0 Å². The summed E-state index contributed by atoms with van der Waals surface area (Å²) in [7, 11) is 3.22. The van der Waals surface area contributed by atoms with E-state index in [1.54, 1.807) is 35.8 Å². The highest BCUT2D eigenvalue weighted by Gasteiger charge is 2.26. The van der Waals surface area contributed by atoms with Crippen molar-refractivity contribution in [3.05, 3.63) is 51.2 Å². The van der Waals surface area contributed by atoms with Crippen LogP contribution >= 0.6 is 0 Å². The number of nitrogens with zero attached hydrogens (tertiary/aromatic N) is 5. The molecular weight excluding hydrogens is 404 g/mol. The van der Waals surface area contributed by atoms with E-state index >= 15 is 0 Å². The van der Waals surface area contributed by atoms with Crippen LogP contribution in [0, 0.1) is 17.0 Å². The molecule has 1 fully saturated rings. The number of rotatable bonds is 7. The molecule has 1 aliphatic heterocycles. The van der Waals surface area contributed by atoms with Gasteiger partial charge in [-0.25, -0.2) is 0 Å². The molecule has 1 N–H and O–H groups in total. The number of ether oxygens (including phenoxy) is 1. The lowest BCUT2D eigenvalue weighted by Crippen LogP contribution is -2.50. The van der Waals surface area contributed by atoms with Crippen LogP contribution in [0.25, 0.3) is 0 Å². The van der Waals surface area contributed by atoms with Crippen LogP contribution in [0.3, 0.4) is 0 Å². The van der Waals surface area contributed by atoms with Gasteiger partial charge in [0.2, 0.25) is 5.88 Å². The van der Waals surface area contributed by atoms with E-state index in [9.17, 15) is 19.7 Å². The topological polar surface area (TPSA) is 123 Å². The van der Waals surface area contributed by atoms with Gasteiger partial charge in [0, 0.05) is 69.7 Å². The Kier molecular flexibility index (Phi) is 6.85. The molecule has 0 aliphatic carbocycles. The van der Waals surface area contributed by atoms with Gasteiger partial charge in [0.25, 0.3) is 17.5 Å². The zero-order valence-corrected chi connectivity index (χ0v) is 17.8. The molecule has 1 saturated heterocycles. The van der Waals surface area contributed by atoms with Crippen molar-refractivity contribution < 1.29 is 19.2 Å². The molecule has 0 spiro atoms. The van der Waals surface area contributed by atoms with Gasteiger partial charge in [-0.15, -0.1) is 5.10 Å². The van der Waals surface area contributed by atoms with Crippen molar-refractivity contribution in [2.45, 2.75) is 6.92 Å². The second-order valence-corrected chi connectivity index (χ2v) is 7.32. The molecule has 0 unspecified atom stereocenters. The summed E-state index contributed by atoms with van der Waals surface area (Å²) in [6.45, 7) is 5.09. The van der Waals surface area contributed by atoms with Crippen molar-refractivity contribution in [1.82, 2.24) is 24.9 Å². The third-order valence-electron chi connectivity index (χ3n) is 5.34. The Morgan fingerprint density at radius 3 is 2.58 bits per heavy atom. The van der Waals surface area contributed by atoms with E-state index in [1.807, 2.05) is 0 Å². The summed E-state index contributed by atoms with van der Waals surface area (Å²) in [6.07, 6.45) is 1.65. The molecule has 1 aromatic heterocycles. The molecule has 2 heterocycles. The molecule has 1 aromatic carbocycles. The van der Waals surface area contributed by atoms with E-state index in [-0.39, 0.29) is 17.5 Å². The van der Waals surface area contributed by atoms with E-state index in [4.69, 9.17) is 4.74 Å². The number of nitrogens with one attached hydrogen (secondary N) is 1. The summed E-state index contributed by atoms with van der Waals surface area (Å²) in [4.78, 5) is 39.6. The summed E-state index contributed by atoms with van der Waals surface area (Å²) < 4.78 is 6.72. The van der Waals surface area contributed by atoms with Crippen molar-refractivity contribution in [2.75, 3.05) is 46.4 Å². The Morgan fingerprint density at radius 2 is 1.94 bits per heavy atom. The molecule has 11 heteroatoms. The van der Waals surface area contributed by atoms with Crippen molar-refractivity contribution in [2.24, 2.45) is 7.05 Å². The first-order valence-electron chi connectivity index (χ1n) is 9.93. The molecule has 2 aromatic rings. The van der Waals surface area contributed by atoms with Crippen molar-refractivity contribution in [1.29, 1.82) is 0 Å². The van der Waals surface area contributed by atoms with Gasteiger partial charge in [-0.1, -0.05) is 6.07 Å². The lowest BCUT2D eigenvalue weighted by molar-refractivity contribution is -0.385. The SMILES string of the molecule is COc1nn(C)cc1C(=O)N1CCN(CCNC(=O)c2cccc([N+](=O)[O-])c2C)CC1. The lowest BCUT2D eigenvalue weighted by atomic mass is 10.1. The molecule has 0 atom stereocenters. The zero-order chi connectivity index (χ0) is 22.5. The van der Waals surface area contributed by atoms with Crippen molar-refractivity contribution in [3.63, 3.8) is 0 Å². The lowest BCUT2D eigenvalue weighted by Gasteiger charge is -2.34. The first-order valence-corrected chi connectivity index (χ1v) is 9.93. The van der Waals surface area contributed by atoms with Gasteiger partial charge >= 0.3 is 0 Å². The van der Waals surface area contributed by atoms with Crippen molar-refractivity contribution >= 4 is 17.5 Å². The predicted octanol–water partition coefficient (Wildman–Crippen LogP) is 0.833. The minimum Gasteiger partial charge on any atom is -0.479 e. The molecule has 0 saturated carbocycles. The highest BCUT2D eigenvalue weighted by atomic mass is 16.6. The Hall–Kier alpha value is -3.47. The van der Waals surface area contributed by atoms with E-state index in [1.165, 1.54) is 19.2 Å². The fourth-order valence-electron chi connectivity index (χ4n) is 3.60. The Balaban J connectivity index is 1.48. The molecule has 0 bridgehead atoms.